The van der Waals surface area contributed by atoms with Gasteiger partial charge in [0.1, 0.15) is 5.69 Å². The van der Waals surface area contributed by atoms with E-state index < -0.39 is 0 Å². The van der Waals surface area contributed by atoms with Gasteiger partial charge < -0.3 is 11.6 Å². The van der Waals surface area contributed by atoms with Crippen molar-refractivity contribution in [2.24, 2.45) is 5.73 Å². The second kappa shape index (κ2) is 4.24. The van der Waals surface area contributed by atoms with Crippen LogP contribution in [0.2, 0.25) is 0 Å². The van der Waals surface area contributed by atoms with Crippen molar-refractivity contribution < 1.29 is 0 Å². The van der Waals surface area contributed by atoms with Gasteiger partial charge in [0.2, 0.25) is 5.16 Å². The van der Waals surface area contributed by atoms with Crippen molar-refractivity contribution in [1.82, 2.24) is 14.9 Å². The fraction of sp³-hybridized carbons (Fsp3) is 0.500. The van der Waals surface area contributed by atoms with Crippen molar-refractivity contribution in [2.45, 2.75) is 12.1 Å². The molecule has 0 unspecified atom stereocenters. The van der Waals surface area contributed by atoms with Crippen LogP contribution in [0.15, 0.2) is 9.95 Å². The molecule has 0 aliphatic carbocycles. The van der Waals surface area contributed by atoms with Gasteiger partial charge in [-0.05, 0) is 6.92 Å². The molecule has 1 rings (SSSR count). The summed E-state index contributed by atoms with van der Waals surface area (Å²) in [5.41, 5.74) is 5.26. The maximum absolute atomic E-state index is 11.2. The van der Waals surface area contributed by atoms with Gasteiger partial charge in [0.15, 0.2) is 0 Å². The van der Waals surface area contributed by atoms with Crippen molar-refractivity contribution in [1.29, 1.82) is 0 Å². The summed E-state index contributed by atoms with van der Waals surface area (Å²) < 4.78 is 0.989. The number of hydrogen-bond donors (Lipinski definition) is 2. The summed E-state index contributed by atoms with van der Waals surface area (Å²) in [6.07, 6.45) is 0. The van der Waals surface area contributed by atoms with Gasteiger partial charge in [-0.25, -0.2) is 0 Å². The zero-order valence-corrected chi connectivity index (χ0v) is 8.04. The molecule has 1 aromatic rings. The molecule has 0 aliphatic heterocycles. The minimum atomic E-state index is -0.325. The molecule has 6 nitrogen and oxygen atoms in total. The minimum absolute atomic E-state index is 0.291. The number of thioether (sulfide) groups is 1. The van der Waals surface area contributed by atoms with Gasteiger partial charge in [-0.2, -0.15) is 4.68 Å². The highest BCUT2D eigenvalue weighted by atomic mass is 32.2. The molecule has 72 valence electrons. The molecule has 0 atom stereocenters. The highest BCUT2D eigenvalue weighted by molar-refractivity contribution is 7.99. The van der Waals surface area contributed by atoms with E-state index in [1.54, 1.807) is 6.92 Å². The minimum Gasteiger partial charge on any atom is -0.334 e. The van der Waals surface area contributed by atoms with Crippen LogP contribution in [0.5, 0.6) is 0 Å². The lowest BCUT2D eigenvalue weighted by atomic mass is 10.5. The molecule has 1 aromatic heterocycles. The van der Waals surface area contributed by atoms with Gasteiger partial charge in [-0.15, -0.1) is 10.2 Å². The van der Waals surface area contributed by atoms with Crippen LogP contribution in [-0.2, 0) is 0 Å². The highest BCUT2D eigenvalue weighted by Gasteiger charge is 2.05. The number of aromatic nitrogens is 3. The highest BCUT2D eigenvalue weighted by Crippen LogP contribution is 2.08. The quantitative estimate of drug-likeness (QED) is 0.466. The summed E-state index contributed by atoms with van der Waals surface area (Å²) in [5, 5.41) is 7.83. The van der Waals surface area contributed by atoms with Crippen molar-refractivity contribution in [3.05, 3.63) is 16.0 Å². The van der Waals surface area contributed by atoms with Crippen LogP contribution in [0.3, 0.4) is 0 Å². The van der Waals surface area contributed by atoms with Crippen LogP contribution >= 0.6 is 11.8 Å². The Hall–Kier alpha value is -1.08. The maximum Gasteiger partial charge on any atom is 0.294 e. The molecule has 4 N–H and O–H groups in total. The van der Waals surface area contributed by atoms with E-state index in [9.17, 15) is 4.79 Å². The van der Waals surface area contributed by atoms with Crippen LogP contribution in [0, 0.1) is 6.92 Å². The van der Waals surface area contributed by atoms with Crippen molar-refractivity contribution in [2.75, 3.05) is 18.1 Å². The van der Waals surface area contributed by atoms with E-state index in [2.05, 4.69) is 10.2 Å². The van der Waals surface area contributed by atoms with Gasteiger partial charge in [-0.1, -0.05) is 11.8 Å². The molecular weight excluding hydrogens is 190 g/mol. The molecule has 0 amide bonds. The van der Waals surface area contributed by atoms with E-state index in [0.717, 1.165) is 4.68 Å². The topological polar surface area (TPSA) is 99.8 Å². The largest absolute Gasteiger partial charge is 0.334 e. The average molecular weight is 201 g/mol. The Balaban J connectivity index is 2.97. The molecule has 0 saturated heterocycles. The standard InChI is InChI=1S/C6H11N5OS/c1-4-5(12)11(8)6(10-9-4)13-3-2-7/h2-3,7-8H2,1H3. The lowest BCUT2D eigenvalue weighted by Crippen LogP contribution is -2.32. The zero-order chi connectivity index (χ0) is 9.84. The van der Waals surface area contributed by atoms with Crippen LogP contribution in [0.25, 0.3) is 0 Å². The first-order chi connectivity index (χ1) is 6.16. The third-order valence-electron chi connectivity index (χ3n) is 1.37. The van der Waals surface area contributed by atoms with Gasteiger partial charge >= 0.3 is 0 Å². The van der Waals surface area contributed by atoms with Crippen molar-refractivity contribution >= 4 is 11.8 Å². The van der Waals surface area contributed by atoms with E-state index in [1.807, 2.05) is 0 Å². The van der Waals surface area contributed by atoms with E-state index in [4.69, 9.17) is 11.6 Å². The summed E-state index contributed by atoms with van der Waals surface area (Å²) in [5.74, 6) is 6.13. The van der Waals surface area contributed by atoms with Gasteiger partial charge in [0, 0.05) is 12.3 Å². The molecule has 0 bridgehead atoms. The smallest absolute Gasteiger partial charge is 0.294 e. The summed E-state index contributed by atoms with van der Waals surface area (Å²) in [6, 6.07) is 0. The molecule has 0 spiro atoms. The van der Waals surface area contributed by atoms with E-state index in [1.165, 1.54) is 11.8 Å². The van der Waals surface area contributed by atoms with E-state index >= 15 is 0 Å². The third kappa shape index (κ3) is 2.19. The second-order valence-corrected chi connectivity index (χ2v) is 3.44. The fourth-order valence-electron chi connectivity index (χ4n) is 0.719. The molecule has 13 heavy (non-hydrogen) atoms. The number of nitrogens with two attached hydrogens (primary N) is 2. The summed E-state index contributed by atoms with van der Waals surface area (Å²) >= 11 is 1.31. The molecule has 1 heterocycles. The first kappa shape index (κ1) is 10.0. The summed E-state index contributed by atoms with van der Waals surface area (Å²) in [7, 11) is 0. The lowest BCUT2D eigenvalue weighted by molar-refractivity contribution is 0.681. The van der Waals surface area contributed by atoms with E-state index in [-0.39, 0.29) is 5.56 Å². The van der Waals surface area contributed by atoms with Crippen LogP contribution in [-0.4, -0.2) is 27.2 Å². The Morgan fingerprint density at radius 3 is 2.85 bits per heavy atom. The van der Waals surface area contributed by atoms with E-state index in [0.29, 0.717) is 23.1 Å². The Morgan fingerprint density at radius 2 is 2.23 bits per heavy atom. The van der Waals surface area contributed by atoms with Crippen molar-refractivity contribution in [3.8, 4) is 0 Å². The monoisotopic (exact) mass is 201 g/mol. The number of aryl methyl sites for hydroxylation is 1. The number of hydrogen-bond acceptors (Lipinski definition) is 6. The van der Waals surface area contributed by atoms with Crippen LogP contribution in [0.1, 0.15) is 5.69 Å². The molecule has 0 saturated carbocycles. The number of nitrogens with zero attached hydrogens (tertiary/aromatic N) is 3. The van der Waals surface area contributed by atoms with Crippen LogP contribution < -0.4 is 17.1 Å². The first-order valence-electron chi connectivity index (χ1n) is 3.71. The average Bonchev–Trinajstić information content (AvgIpc) is 2.13. The maximum atomic E-state index is 11.2. The zero-order valence-electron chi connectivity index (χ0n) is 7.23. The normalized spacial score (nSPS) is 10.3. The molecular formula is C6H11N5OS. The number of nitrogen functional groups attached to an aromatic ring is 1. The Morgan fingerprint density at radius 1 is 1.54 bits per heavy atom. The summed E-state index contributed by atoms with van der Waals surface area (Å²) in [6.45, 7) is 2.07. The van der Waals surface area contributed by atoms with Gasteiger partial charge in [0.05, 0.1) is 0 Å². The summed E-state index contributed by atoms with van der Waals surface area (Å²) in [4.78, 5) is 11.2. The molecule has 0 aromatic carbocycles. The Kier molecular flexibility index (Phi) is 3.26. The predicted octanol–water partition coefficient (Wildman–Crippen LogP) is -1.29. The Bertz CT molecular complexity index is 349. The number of rotatable bonds is 3. The first-order valence-corrected chi connectivity index (χ1v) is 4.69. The van der Waals surface area contributed by atoms with Gasteiger partial charge in [-0.3, -0.25) is 4.79 Å². The Labute approximate surface area is 79.3 Å². The fourth-order valence-corrected chi connectivity index (χ4v) is 1.34. The third-order valence-corrected chi connectivity index (χ3v) is 2.35. The predicted molar refractivity (Wildman–Crippen MR) is 51.0 cm³/mol. The molecule has 0 fully saturated rings. The lowest BCUT2D eigenvalue weighted by Gasteiger charge is -2.04. The SMILES string of the molecule is Cc1nnc(SCCN)n(N)c1=O. The molecule has 0 radical (unpaired) electrons. The second-order valence-electron chi connectivity index (χ2n) is 2.38. The van der Waals surface area contributed by atoms with Crippen molar-refractivity contribution in [3.63, 3.8) is 0 Å². The van der Waals surface area contributed by atoms with Crippen LogP contribution in [0.4, 0.5) is 0 Å². The molecule has 0 aliphatic rings. The van der Waals surface area contributed by atoms with Gasteiger partial charge in [0.25, 0.3) is 5.56 Å². The molecule has 7 heteroatoms.